The zero-order valence-electron chi connectivity index (χ0n) is 8.20. The van der Waals surface area contributed by atoms with Gasteiger partial charge in [-0.2, -0.15) is 0 Å². The SMILES string of the molecule is O=C(NC1CCOC1)c1ccc(Cl)cc1. The maximum atomic E-state index is 11.7. The summed E-state index contributed by atoms with van der Waals surface area (Å²) in [5.41, 5.74) is 0.631. The number of halogens is 1. The van der Waals surface area contributed by atoms with Crippen LogP contribution < -0.4 is 5.32 Å². The molecular formula is C11H12ClNO2. The molecule has 1 N–H and O–H groups in total. The highest BCUT2D eigenvalue weighted by molar-refractivity contribution is 6.30. The van der Waals surface area contributed by atoms with Crippen molar-refractivity contribution in [1.29, 1.82) is 0 Å². The normalized spacial score (nSPS) is 20.2. The van der Waals surface area contributed by atoms with Crippen molar-refractivity contribution < 1.29 is 9.53 Å². The van der Waals surface area contributed by atoms with E-state index < -0.39 is 0 Å². The van der Waals surface area contributed by atoms with Crippen molar-refractivity contribution in [2.24, 2.45) is 0 Å². The fraction of sp³-hybridized carbons (Fsp3) is 0.364. The Hall–Kier alpha value is -1.06. The topological polar surface area (TPSA) is 38.3 Å². The van der Waals surface area contributed by atoms with Crippen LogP contribution in [0.2, 0.25) is 5.02 Å². The third-order valence-corrected chi connectivity index (χ3v) is 2.62. The first-order valence-corrected chi connectivity index (χ1v) is 5.27. The molecule has 0 saturated carbocycles. The Morgan fingerprint density at radius 2 is 2.13 bits per heavy atom. The van der Waals surface area contributed by atoms with Crippen molar-refractivity contribution in [2.75, 3.05) is 13.2 Å². The van der Waals surface area contributed by atoms with Crippen molar-refractivity contribution in [3.05, 3.63) is 34.9 Å². The van der Waals surface area contributed by atoms with E-state index in [-0.39, 0.29) is 11.9 Å². The minimum atomic E-state index is -0.0674. The molecule has 15 heavy (non-hydrogen) atoms. The van der Waals surface area contributed by atoms with Gasteiger partial charge in [-0.05, 0) is 30.7 Å². The van der Waals surface area contributed by atoms with Gasteiger partial charge in [0.15, 0.2) is 0 Å². The highest BCUT2D eigenvalue weighted by atomic mass is 35.5. The second-order valence-corrected chi connectivity index (χ2v) is 3.98. The summed E-state index contributed by atoms with van der Waals surface area (Å²) in [5.74, 6) is -0.0674. The summed E-state index contributed by atoms with van der Waals surface area (Å²) in [5, 5.41) is 3.54. The highest BCUT2D eigenvalue weighted by Gasteiger charge is 2.18. The van der Waals surface area contributed by atoms with E-state index in [2.05, 4.69) is 5.32 Å². The van der Waals surface area contributed by atoms with Gasteiger partial charge in [0.1, 0.15) is 0 Å². The molecule has 0 aliphatic carbocycles. The number of carbonyl (C=O) groups excluding carboxylic acids is 1. The van der Waals surface area contributed by atoms with E-state index in [1.165, 1.54) is 0 Å². The number of ether oxygens (including phenoxy) is 1. The van der Waals surface area contributed by atoms with Crippen molar-refractivity contribution in [2.45, 2.75) is 12.5 Å². The number of nitrogens with one attached hydrogen (secondary N) is 1. The first-order chi connectivity index (χ1) is 7.25. The largest absolute Gasteiger partial charge is 0.379 e. The van der Waals surface area contributed by atoms with Crippen molar-refractivity contribution in [3.63, 3.8) is 0 Å². The lowest BCUT2D eigenvalue weighted by atomic mass is 10.2. The lowest BCUT2D eigenvalue weighted by Crippen LogP contribution is -2.34. The monoisotopic (exact) mass is 225 g/mol. The van der Waals surface area contributed by atoms with Gasteiger partial charge >= 0.3 is 0 Å². The molecule has 0 spiro atoms. The summed E-state index contributed by atoms with van der Waals surface area (Å²) in [6.07, 6.45) is 0.888. The Morgan fingerprint density at radius 1 is 1.40 bits per heavy atom. The fourth-order valence-corrected chi connectivity index (χ4v) is 1.64. The Labute approximate surface area is 93.4 Å². The van der Waals surface area contributed by atoms with Crippen molar-refractivity contribution in [1.82, 2.24) is 5.32 Å². The molecular weight excluding hydrogens is 214 g/mol. The zero-order chi connectivity index (χ0) is 10.7. The number of amides is 1. The molecule has 0 bridgehead atoms. The van der Waals surface area contributed by atoms with Crippen LogP contribution >= 0.6 is 11.6 Å². The Kier molecular flexibility index (Phi) is 3.23. The van der Waals surface area contributed by atoms with Crippen LogP contribution in [0, 0.1) is 0 Å². The summed E-state index contributed by atoms with van der Waals surface area (Å²) in [7, 11) is 0. The van der Waals surface area contributed by atoms with Gasteiger partial charge in [-0.1, -0.05) is 11.6 Å². The first-order valence-electron chi connectivity index (χ1n) is 4.90. The number of rotatable bonds is 2. The second-order valence-electron chi connectivity index (χ2n) is 3.54. The van der Waals surface area contributed by atoms with Crippen LogP contribution in [0.3, 0.4) is 0 Å². The maximum Gasteiger partial charge on any atom is 0.251 e. The molecule has 1 aliphatic rings. The average Bonchev–Trinajstić information content (AvgIpc) is 2.71. The molecule has 2 rings (SSSR count). The average molecular weight is 226 g/mol. The van der Waals surface area contributed by atoms with Crippen LogP contribution in [-0.2, 0) is 4.74 Å². The van der Waals surface area contributed by atoms with Gasteiger partial charge in [-0.25, -0.2) is 0 Å². The van der Waals surface area contributed by atoms with Gasteiger partial charge < -0.3 is 10.1 Å². The molecule has 1 unspecified atom stereocenters. The molecule has 1 aromatic carbocycles. The Bertz CT molecular complexity index is 344. The molecule has 1 amide bonds. The van der Waals surface area contributed by atoms with E-state index in [1.54, 1.807) is 24.3 Å². The molecule has 0 radical (unpaired) electrons. The Balaban J connectivity index is 1.98. The molecule has 1 saturated heterocycles. The fourth-order valence-electron chi connectivity index (χ4n) is 1.52. The predicted molar refractivity (Wildman–Crippen MR) is 58.1 cm³/mol. The summed E-state index contributed by atoms with van der Waals surface area (Å²) in [6.45, 7) is 1.34. The van der Waals surface area contributed by atoms with Gasteiger partial charge in [0, 0.05) is 17.2 Å². The van der Waals surface area contributed by atoms with Crippen LogP contribution in [0.1, 0.15) is 16.8 Å². The van der Waals surface area contributed by atoms with Gasteiger partial charge in [0.05, 0.1) is 12.6 Å². The smallest absolute Gasteiger partial charge is 0.251 e. The van der Waals surface area contributed by atoms with Crippen molar-refractivity contribution >= 4 is 17.5 Å². The van der Waals surface area contributed by atoms with E-state index in [1.807, 2.05) is 0 Å². The van der Waals surface area contributed by atoms with E-state index in [0.717, 1.165) is 13.0 Å². The molecule has 4 heteroatoms. The number of hydrogen-bond acceptors (Lipinski definition) is 2. The molecule has 1 atom stereocenters. The number of hydrogen-bond donors (Lipinski definition) is 1. The second kappa shape index (κ2) is 4.64. The predicted octanol–water partition coefficient (Wildman–Crippen LogP) is 1.86. The summed E-state index contributed by atoms with van der Waals surface area (Å²) in [4.78, 5) is 11.7. The molecule has 0 aromatic heterocycles. The van der Waals surface area contributed by atoms with Crippen LogP contribution in [-0.4, -0.2) is 25.2 Å². The van der Waals surface area contributed by atoms with Gasteiger partial charge in [0.2, 0.25) is 0 Å². The van der Waals surface area contributed by atoms with E-state index in [9.17, 15) is 4.79 Å². The molecule has 1 aliphatic heterocycles. The van der Waals surface area contributed by atoms with Gasteiger partial charge in [-0.15, -0.1) is 0 Å². The number of carbonyl (C=O) groups is 1. The molecule has 80 valence electrons. The van der Waals surface area contributed by atoms with E-state index >= 15 is 0 Å². The molecule has 3 nitrogen and oxygen atoms in total. The van der Waals surface area contributed by atoms with Crippen LogP contribution in [0.15, 0.2) is 24.3 Å². The minimum Gasteiger partial charge on any atom is -0.379 e. The van der Waals surface area contributed by atoms with Gasteiger partial charge in [-0.3, -0.25) is 4.79 Å². The molecule has 1 aromatic rings. The summed E-state index contributed by atoms with van der Waals surface area (Å²) >= 11 is 5.73. The minimum absolute atomic E-state index is 0.0674. The molecule has 1 heterocycles. The lowest BCUT2D eigenvalue weighted by Gasteiger charge is -2.10. The van der Waals surface area contributed by atoms with E-state index in [0.29, 0.717) is 17.2 Å². The summed E-state index contributed by atoms with van der Waals surface area (Å²) < 4.78 is 5.18. The Morgan fingerprint density at radius 3 is 2.73 bits per heavy atom. The van der Waals surface area contributed by atoms with Gasteiger partial charge in [0.25, 0.3) is 5.91 Å². The van der Waals surface area contributed by atoms with E-state index in [4.69, 9.17) is 16.3 Å². The van der Waals surface area contributed by atoms with Crippen LogP contribution in [0.25, 0.3) is 0 Å². The zero-order valence-corrected chi connectivity index (χ0v) is 8.96. The van der Waals surface area contributed by atoms with Crippen LogP contribution in [0.4, 0.5) is 0 Å². The maximum absolute atomic E-state index is 11.7. The lowest BCUT2D eigenvalue weighted by molar-refractivity contribution is 0.0930. The quantitative estimate of drug-likeness (QED) is 0.835. The van der Waals surface area contributed by atoms with Crippen LogP contribution in [0.5, 0.6) is 0 Å². The highest BCUT2D eigenvalue weighted by Crippen LogP contribution is 2.10. The number of benzene rings is 1. The first kappa shape index (κ1) is 10.5. The third kappa shape index (κ3) is 2.70. The third-order valence-electron chi connectivity index (χ3n) is 2.37. The standard InChI is InChI=1S/C11H12ClNO2/c12-9-3-1-8(2-4-9)11(14)13-10-5-6-15-7-10/h1-4,10H,5-7H2,(H,13,14). The van der Waals surface area contributed by atoms with Crippen molar-refractivity contribution in [3.8, 4) is 0 Å². The molecule has 1 fully saturated rings. The summed E-state index contributed by atoms with van der Waals surface area (Å²) in [6, 6.07) is 7.00.